The minimum absolute atomic E-state index is 0.102. The van der Waals surface area contributed by atoms with Crippen molar-refractivity contribution in [3.63, 3.8) is 0 Å². The number of carbonyl (C=O) groups excluding carboxylic acids is 2. The van der Waals surface area contributed by atoms with Crippen molar-refractivity contribution in [2.45, 2.75) is 39.5 Å². The quantitative estimate of drug-likeness (QED) is 0.768. The second kappa shape index (κ2) is 5.83. The molecule has 1 heterocycles. The van der Waals surface area contributed by atoms with Gasteiger partial charge in [-0.25, -0.2) is 0 Å². The Bertz CT molecular complexity index is 847. The Morgan fingerprint density at radius 1 is 1.00 bits per heavy atom. The number of Topliss-reactive ketones (excluding diaryl/α,β-unsaturated/α-hetero) is 1. The highest BCUT2D eigenvalue weighted by Crippen LogP contribution is 2.47. The molecular weight excluding hydrogens is 310 g/mol. The molecule has 1 aliphatic carbocycles. The van der Waals surface area contributed by atoms with Crippen LogP contribution in [0.3, 0.4) is 0 Å². The van der Waals surface area contributed by atoms with Crippen molar-refractivity contribution in [1.29, 1.82) is 0 Å². The summed E-state index contributed by atoms with van der Waals surface area (Å²) in [5, 5.41) is 0. The minimum atomic E-state index is -0.122. The van der Waals surface area contributed by atoms with Gasteiger partial charge in [-0.15, -0.1) is 0 Å². The molecule has 0 radical (unpaired) electrons. The van der Waals surface area contributed by atoms with Crippen LogP contribution in [0.25, 0.3) is 11.1 Å². The fourth-order valence-corrected chi connectivity index (χ4v) is 3.68. The molecule has 0 atom stereocenters. The van der Waals surface area contributed by atoms with E-state index in [1.54, 1.807) is 6.92 Å². The fraction of sp³-hybridized carbons (Fsp3) is 0.364. The predicted molar refractivity (Wildman–Crippen MR) is 99.9 cm³/mol. The van der Waals surface area contributed by atoms with Crippen LogP contribution in [0.5, 0.6) is 0 Å². The molecule has 4 rings (SSSR count). The van der Waals surface area contributed by atoms with Gasteiger partial charge in [-0.3, -0.25) is 9.59 Å². The third-order valence-corrected chi connectivity index (χ3v) is 5.61. The van der Waals surface area contributed by atoms with Crippen LogP contribution in [0, 0.1) is 5.41 Å². The summed E-state index contributed by atoms with van der Waals surface area (Å²) in [6.07, 6.45) is 4.01. The van der Waals surface area contributed by atoms with Crippen LogP contribution in [0.2, 0.25) is 0 Å². The number of benzene rings is 2. The Labute approximate surface area is 148 Å². The number of fused-ring (bicyclic) bond motifs is 1. The first-order valence-electron chi connectivity index (χ1n) is 9.04. The number of nitrogens with zero attached hydrogens (tertiary/aromatic N) is 1. The first-order chi connectivity index (χ1) is 12.0. The van der Waals surface area contributed by atoms with E-state index in [9.17, 15) is 9.59 Å². The van der Waals surface area contributed by atoms with Crippen LogP contribution in [0.4, 0.5) is 5.69 Å². The molecule has 0 bridgehead atoms. The summed E-state index contributed by atoms with van der Waals surface area (Å²) in [5.74, 6) is 0.367. The van der Waals surface area contributed by atoms with Crippen LogP contribution >= 0.6 is 0 Å². The molecule has 2 aromatic carbocycles. The molecule has 1 fully saturated rings. The summed E-state index contributed by atoms with van der Waals surface area (Å²) in [7, 11) is 0. The molecule has 0 N–H and O–H groups in total. The maximum absolute atomic E-state index is 12.4. The third kappa shape index (κ3) is 2.88. The third-order valence-electron chi connectivity index (χ3n) is 5.61. The van der Waals surface area contributed by atoms with Gasteiger partial charge in [-0.2, -0.15) is 0 Å². The summed E-state index contributed by atoms with van der Waals surface area (Å²) in [6.45, 7) is 4.48. The Balaban J connectivity index is 1.62. The molecule has 1 aliphatic heterocycles. The number of ketones is 1. The lowest BCUT2D eigenvalue weighted by Crippen LogP contribution is -2.33. The molecule has 0 spiro atoms. The van der Waals surface area contributed by atoms with Crippen LogP contribution in [-0.4, -0.2) is 18.2 Å². The second-order valence-corrected chi connectivity index (χ2v) is 7.58. The smallest absolute Gasteiger partial charge is 0.223 e. The maximum Gasteiger partial charge on any atom is 0.223 e. The van der Waals surface area contributed by atoms with Crippen LogP contribution in [-0.2, 0) is 11.2 Å². The van der Waals surface area contributed by atoms with E-state index < -0.39 is 0 Å². The van der Waals surface area contributed by atoms with Gasteiger partial charge in [0.1, 0.15) is 0 Å². The van der Waals surface area contributed by atoms with Crippen LogP contribution in [0.15, 0.2) is 42.5 Å². The van der Waals surface area contributed by atoms with Gasteiger partial charge in [0, 0.05) is 30.1 Å². The van der Waals surface area contributed by atoms with Crippen molar-refractivity contribution in [1.82, 2.24) is 0 Å². The van der Waals surface area contributed by atoms with E-state index in [0.29, 0.717) is 0 Å². The van der Waals surface area contributed by atoms with Crippen molar-refractivity contribution >= 4 is 17.4 Å². The molecule has 2 aromatic rings. The number of amides is 1. The first kappa shape index (κ1) is 16.1. The largest absolute Gasteiger partial charge is 0.312 e. The summed E-state index contributed by atoms with van der Waals surface area (Å²) in [4.78, 5) is 26.1. The first-order valence-corrected chi connectivity index (χ1v) is 9.04. The van der Waals surface area contributed by atoms with Gasteiger partial charge in [-0.1, -0.05) is 37.3 Å². The Morgan fingerprint density at radius 3 is 2.32 bits per heavy atom. The van der Waals surface area contributed by atoms with E-state index in [1.807, 2.05) is 36.1 Å². The number of carbonyl (C=O) groups is 2. The molecule has 128 valence electrons. The lowest BCUT2D eigenvalue weighted by Gasteiger charge is -2.29. The molecule has 1 saturated carbocycles. The van der Waals surface area contributed by atoms with Gasteiger partial charge >= 0.3 is 0 Å². The molecule has 1 amide bonds. The maximum atomic E-state index is 12.4. The summed E-state index contributed by atoms with van der Waals surface area (Å²) in [5.41, 5.74) is 5.20. The van der Waals surface area contributed by atoms with E-state index in [-0.39, 0.29) is 17.1 Å². The standard InChI is InChI=1S/C22H23NO2/c1-15(24)23-13-3-4-19-14-18(9-10-20(19)23)16-5-7-17(8-6-16)21(25)22(2)11-12-22/h5-10,14H,3-4,11-13H2,1-2H3. The molecular formula is C22H23NO2. The van der Waals surface area contributed by atoms with Crippen molar-refractivity contribution in [3.05, 3.63) is 53.6 Å². The molecule has 0 saturated heterocycles. The van der Waals surface area contributed by atoms with Crippen LogP contribution < -0.4 is 4.90 Å². The highest BCUT2D eigenvalue weighted by atomic mass is 16.2. The molecule has 3 nitrogen and oxygen atoms in total. The van der Waals surface area contributed by atoms with Gasteiger partial charge < -0.3 is 4.90 Å². The van der Waals surface area contributed by atoms with Crippen molar-refractivity contribution in [2.24, 2.45) is 5.41 Å². The fourth-order valence-electron chi connectivity index (χ4n) is 3.68. The van der Waals surface area contributed by atoms with Crippen molar-refractivity contribution < 1.29 is 9.59 Å². The summed E-state index contributed by atoms with van der Waals surface area (Å²) < 4.78 is 0. The Kier molecular flexibility index (Phi) is 3.75. The van der Waals surface area contributed by atoms with Gasteiger partial charge in [0.15, 0.2) is 5.78 Å². The van der Waals surface area contributed by atoms with E-state index in [1.165, 1.54) is 5.56 Å². The van der Waals surface area contributed by atoms with E-state index in [0.717, 1.165) is 54.6 Å². The zero-order chi connectivity index (χ0) is 17.6. The normalized spacial score (nSPS) is 17.8. The molecule has 0 unspecified atom stereocenters. The zero-order valence-electron chi connectivity index (χ0n) is 14.8. The summed E-state index contributed by atoms with van der Waals surface area (Å²) in [6, 6.07) is 14.3. The van der Waals surface area contributed by atoms with Crippen LogP contribution in [0.1, 0.15) is 49.0 Å². The lowest BCUT2D eigenvalue weighted by atomic mass is 9.93. The second-order valence-electron chi connectivity index (χ2n) is 7.58. The number of anilines is 1. The zero-order valence-corrected chi connectivity index (χ0v) is 14.8. The van der Waals surface area contributed by atoms with E-state index in [4.69, 9.17) is 0 Å². The number of hydrogen-bond acceptors (Lipinski definition) is 2. The van der Waals surface area contributed by atoms with Crippen molar-refractivity contribution in [3.8, 4) is 11.1 Å². The SMILES string of the molecule is CC(=O)N1CCCc2cc(-c3ccc(C(=O)C4(C)CC4)cc3)ccc21. The molecule has 25 heavy (non-hydrogen) atoms. The molecule has 0 aromatic heterocycles. The van der Waals surface area contributed by atoms with Crippen molar-refractivity contribution in [2.75, 3.05) is 11.4 Å². The molecule has 2 aliphatic rings. The van der Waals surface area contributed by atoms with Gasteiger partial charge in [0.25, 0.3) is 0 Å². The lowest BCUT2D eigenvalue weighted by molar-refractivity contribution is -0.116. The Morgan fingerprint density at radius 2 is 1.68 bits per heavy atom. The summed E-state index contributed by atoms with van der Waals surface area (Å²) >= 11 is 0. The number of rotatable bonds is 3. The van der Waals surface area contributed by atoms with Gasteiger partial charge in [-0.05, 0) is 54.5 Å². The monoisotopic (exact) mass is 333 g/mol. The highest BCUT2D eigenvalue weighted by molar-refractivity contribution is 6.02. The Hall–Kier alpha value is -2.42. The topological polar surface area (TPSA) is 37.4 Å². The van der Waals surface area contributed by atoms with E-state index >= 15 is 0 Å². The average Bonchev–Trinajstić information content (AvgIpc) is 3.39. The van der Waals surface area contributed by atoms with E-state index in [2.05, 4.69) is 18.2 Å². The average molecular weight is 333 g/mol. The minimum Gasteiger partial charge on any atom is -0.312 e. The number of hydrogen-bond donors (Lipinski definition) is 0. The number of aryl methyl sites for hydroxylation is 1. The highest BCUT2D eigenvalue weighted by Gasteiger charge is 2.44. The van der Waals surface area contributed by atoms with Gasteiger partial charge in [0.2, 0.25) is 5.91 Å². The molecule has 3 heteroatoms. The van der Waals surface area contributed by atoms with Gasteiger partial charge in [0.05, 0.1) is 0 Å². The predicted octanol–water partition coefficient (Wildman–Crippen LogP) is 4.64.